The summed E-state index contributed by atoms with van der Waals surface area (Å²) >= 11 is 0. The van der Waals surface area contributed by atoms with Gasteiger partial charge >= 0.3 is 17.9 Å². The summed E-state index contributed by atoms with van der Waals surface area (Å²) in [6, 6.07) is 0. The summed E-state index contributed by atoms with van der Waals surface area (Å²) in [7, 11) is -4.05. The monoisotopic (exact) mass is 324 g/mol. The largest absolute Gasteiger partial charge is 0.481 e. The molecule has 0 aliphatic heterocycles. The molecule has 3 N–H and O–H groups in total. The van der Waals surface area contributed by atoms with E-state index < -0.39 is 40.2 Å². The van der Waals surface area contributed by atoms with Crippen LogP contribution >= 0.6 is 0 Å². The Bertz CT molecular complexity index is 530. The number of ether oxygens (including phenoxy) is 1. The van der Waals surface area contributed by atoms with Crippen molar-refractivity contribution in [1.82, 2.24) is 0 Å². The molecule has 9 nitrogen and oxygen atoms in total. The van der Waals surface area contributed by atoms with E-state index in [1.165, 1.54) is 6.92 Å². The maximum absolute atomic E-state index is 10.6. The molecule has 0 aliphatic rings. The molecular formula is C11H16O9S. The minimum Gasteiger partial charge on any atom is -0.481 e. The number of carboxylic acid groups (broad SMARTS) is 2. The Labute approximate surface area is 121 Å². The van der Waals surface area contributed by atoms with Crippen LogP contribution in [0.2, 0.25) is 0 Å². The predicted octanol–water partition coefficient (Wildman–Crippen LogP) is 0.0954. The van der Waals surface area contributed by atoms with E-state index in [0.29, 0.717) is 0 Å². The first kappa shape index (κ1) is 21.1. The molecule has 0 aromatic carbocycles. The van der Waals surface area contributed by atoms with Gasteiger partial charge in [-0.05, 0) is 6.92 Å². The lowest BCUT2D eigenvalue weighted by atomic mass is 10.2. The van der Waals surface area contributed by atoms with Crippen LogP contribution in [-0.2, 0) is 29.2 Å². The van der Waals surface area contributed by atoms with E-state index in [9.17, 15) is 22.8 Å². The van der Waals surface area contributed by atoms with Crippen molar-refractivity contribution < 1.29 is 42.3 Å². The van der Waals surface area contributed by atoms with Gasteiger partial charge in [-0.15, -0.1) is 0 Å². The van der Waals surface area contributed by atoms with Gasteiger partial charge in [0.05, 0.1) is 6.42 Å². The summed E-state index contributed by atoms with van der Waals surface area (Å²) in [6.45, 7) is 7.38. The number of esters is 1. The molecule has 0 rings (SSSR count). The summed E-state index contributed by atoms with van der Waals surface area (Å²) in [5, 5.41) is 16.1. The standard InChI is InChI=1S/C6H10O5S.C5H6O4/c1-5(2)6(7)11-3-4-12(8,9)10;1-3(5(8)9)2-4(6)7/h1,3-4H2,2H3,(H,8,9,10);1-2H2,(H,6,7)(H,8,9). The zero-order valence-corrected chi connectivity index (χ0v) is 12.1. The predicted molar refractivity (Wildman–Crippen MR) is 71.2 cm³/mol. The highest BCUT2D eigenvalue weighted by atomic mass is 32.2. The highest BCUT2D eigenvalue weighted by Gasteiger charge is 2.08. The number of hydrogen-bond donors (Lipinski definition) is 3. The second-order valence-corrected chi connectivity index (χ2v) is 5.25. The van der Waals surface area contributed by atoms with Crippen LogP contribution in [0.5, 0.6) is 0 Å². The summed E-state index contributed by atoms with van der Waals surface area (Å²) in [5.41, 5.74) is -0.118. The van der Waals surface area contributed by atoms with Crippen molar-refractivity contribution in [2.75, 3.05) is 12.4 Å². The van der Waals surface area contributed by atoms with Gasteiger partial charge in [0.25, 0.3) is 10.1 Å². The maximum atomic E-state index is 10.6. The average Bonchev–Trinajstić information content (AvgIpc) is 2.26. The Hall–Kier alpha value is -2.20. The summed E-state index contributed by atoms with van der Waals surface area (Å²) < 4.78 is 32.9. The molecule has 10 heteroatoms. The summed E-state index contributed by atoms with van der Waals surface area (Å²) in [5.74, 6) is -3.70. The minimum absolute atomic E-state index is 0.185. The zero-order chi connectivity index (χ0) is 17.2. The average molecular weight is 324 g/mol. The molecule has 0 fully saturated rings. The first-order valence-electron chi connectivity index (χ1n) is 5.27. The fourth-order valence-electron chi connectivity index (χ4n) is 0.621. The van der Waals surface area contributed by atoms with E-state index in [0.717, 1.165) is 0 Å². The van der Waals surface area contributed by atoms with E-state index in [1.54, 1.807) is 0 Å². The van der Waals surface area contributed by atoms with Crippen LogP contribution in [0.3, 0.4) is 0 Å². The SMILES string of the molecule is C=C(C)C(=O)OCCS(=O)(=O)O.C=C(CC(=O)O)C(=O)O. The Morgan fingerprint density at radius 2 is 1.62 bits per heavy atom. The molecule has 0 radical (unpaired) electrons. The number of carbonyl (C=O) groups is 3. The number of hydrogen-bond acceptors (Lipinski definition) is 6. The van der Waals surface area contributed by atoms with Crippen molar-refractivity contribution in [2.24, 2.45) is 0 Å². The van der Waals surface area contributed by atoms with Gasteiger partial charge < -0.3 is 14.9 Å². The van der Waals surface area contributed by atoms with E-state index in [2.05, 4.69) is 17.9 Å². The van der Waals surface area contributed by atoms with Crippen molar-refractivity contribution in [3.63, 3.8) is 0 Å². The number of rotatable bonds is 7. The number of carboxylic acids is 2. The lowest BCUT2D eigenvalue weighted by Gasteiger charge is -2.01. The minimum atomic E-state index is -4.05. The molecule has 0 unspecified atom stereocenters. The summed E-state index contributed by atoms with van der Waals surface area (Å²) in [4.78, 5) is 30.3. The number of aliphatic carboxylic acids is 2. The van der Waals surface area contributed by atoms with Gasteiger partial charge in [0.2, 0.25) is 0 Å². The molecule has 0 aromatic rings. The first-order chi connectivity index (χ1) is 9.36. The smallest absolute Gasteiger partial charge is 0.333 e. The van der Waals surface area contributed by atoms with E-state index in [-0.39, 0.29) is 17.8 Å². The molecule has 0 aromatic heterocycles. The van der Waals surface area contributed by atoms with Crippen LogP contribution in [0.1, 0.15) is 13.3 Å². The van der Waals surface area contributed by atoms with Gasteiger partial charge in [-0.1, -0.05) is 13.2 Å². The first-order valence-corrected chi connectivity index (χ1v) is 6.88. The van der Waals surface area contributed by atoms with Gasteiger partial charge in [0, 0.05) is 11.1 Å². The van der Waals surface area contributed by atoms with Gasteiger partial charge in [-0.3, -0.25) is 9.35 Å². The van der Waals surface area contributed by atoms with E-state index in [4.69, 9.17) is 14.8 Å². The Morgan fingerprint density at radius 1 is 1.14 bits per heavy atom. The van der Waals surface area contributed by atoms with Gasteiger partial charge in [-0.2, -0.15) is 8.42 Å². The fraction of sp³-hybridized carbons (Fsp3) is 0.364. The Balaban J connectivity index is 0. The maximum Gasteiger partial charge on any atom is 0.333 e. The fourth-order valence-corrected chi connectivity index (χ4v) is 0.915. The van der Waals surface area contributed by atoms with Gasteiger partial charge in [0.15, 0.2) is 0 Å². The zero-order valence-electron chi connectivity index (χ0n) is 11.2. The molecule has 21 heavy (non-hydrogen) atoms. The third-order valence-electron chi connectivity index (χ3n) is 1.59. The second-order valence-electron chi connectivity index (χ2n) is 3.68. The van der Waals surface area contributed by atoms with Crippen molar-refractivity contribution in [3.8, 4) is 0 Å². The second kappa shape index (κ2) is 9.66. The van der Waals surface area contributed by atoms with Crippen LogP contribution in [0, 0.1) is 0 Å². The topological polar surface area (TPSA) is 155 Å². The van der Waals surface area contributed by atoms with Gasteiger partial charge in [-0.25, -0.2) is 9.59 Å². The highest BCUT2D eigenvalue weighted by Crippen LogP contribution is 1.95. The van der Waals surface area contributed by atoms with Gasteiger partial charge in [0.1, 0.15) is 12.4 Å². The van der Waals surface area contributed by atoms with Crippen LogP contribution in [0.25, 0.3) is 0 Å². The molecule has 0 spiro atoms. The van der Waals surface area contributed by atoms with Crippen LogP contribution in [0.4, 0.5) is 0 Å². The third-order valence-corrected chi connectivity index (χ3v) is 2.27. The molecule has 0 amide bonds. The molecule has 0 bridgehead atoms. The lowest BCUT2D eigenvalue weighted by molar-refractivity contribution is -0.139. The quantitative estimate of drug-likeness (QED) is 0.335. The van der Waals surface area contributed by atoms with Crippen LogP contribution in [0.15, 0.2) is 24.3 Å². The van der Waals surface area contributed by atoms with Crippen LogP contribution < -0.4 is 0 Å². The Morgan fingerprint density at radius 3 is 1.86 bits per heavy atom. The lowest BCUT2D eigenvalue weighted by Crippen LogP contribution is -2.14. The van der Waals surface area contributed by atoms with E-state index in [1.807, 2.05) is 0 Å². The van der Waals surface area contributed by atoms with Crippen molar-refractivity contribution in [1.29, 1.82) is 0 Å². The van der Waals surface area contributed by atoms with Crippen molar-refractivity contribution >= 4 is 28.0 Å². The molecular weight excluding hydrogens is 308 g/mol. The summed E-state index contributed by atoms with van der Waals surface area (Å²) in [6.07, 6.45) is -0.505. The Kier molecular flexibility index (Phi) is 9.71. The molecule has 0 heterocycles. The van der Waals surface area contributed by atoms with E-state index >= 15 is 0 Å². The van der Waals surface area contributed by atoms with Crippen molar-refractivity contribution in [2.45, 2.75) is 13.3 Å². The van der Waals surface area contributed by atoms with Crippen molar-refractivity contribution in [3.05, 3.63) is 24.3 Å². The number of carbonyl (C=O) groups excluding carboxylic acids is 1. The molecule has 0 saturated carbocycles. The normalized spacial score (nSPS) is 9.81. The molecule has 0 atom stereocenters. The molecule has 0 aliphatic carbocycles. The third kappa shape index (κ3) is 15.7. The molecule has 120 valence electrons. The highest BCUT2D eigenvalue weighted by molar-refractivity contribution is 7.85. The molecule has 0 saturated heterocycles. The van der Waals surface area contributed by atoms with Crippen LogP contribution in [-0.4, -0.2) is 53.5 Å².